The summed E-state index contributed by atoms with van der Waals surface area (Å²) in [5, 5.41) is 29.1. The third-order valence-corrected chi connectivity index (χ3v) is 5.60. The Morgan fingerprint density at radius 2 is 2.18 bits per heavy atom. The molecule has 0 spiro atoms. The molecule has 0 radical (unpaired) electrons. The Morgan fingerprint density at radius 1 is 1.36 bits per heavy atom. The van der Waals surface area contributed by atoms with Gasteiger partial charge in [0.1, 0.15) is 12.7 Å². The lowest BCUT2D eigenvalue weighted by Crippen LogP contribution is -2.18. The minimum Gasteiger partial charge on any atom is -0.495 e. The standard InChI is InChI=1S/C22H36O6/c1-2-3-4-7-16(24)10-11-18-19-14-17(28-21(19)15-20(18)25)8-5-6-9-22(26)27-13-12-23/h8,10-11,16,18-21,23-25H,2-7,9,12-15H2,1H3/b11-10+,17-8-/t16-,18+,19+,20+,21-/m0/s1. The summed E-state index contributed by atoms with van der Waals surface area (Å²) >= 11 is 0. The van der Waals surface area contributed by atoms with Crippen LogP contribution in [0.15, 0.2) is 24.0 Å². The van der Waals surface area contributed by atoms with Crippen molar-refractivity contribution >= 4 is 5.97 Å². The lowest BCUT2D eigenvalue weighted by atomic mass is 9.90. The number of rotatable bonds is 12. The Kier molecular flexibility index (Phi) is 10.0. The van der Waals surface area contributed by atoms with Gasteiger partial charge in [0, 0.05) is 31.1 Å². The fraction of sp³-hybridized carbons (Fsp3) is 0.773. The van der Waals surface area contributed by atoms with E-state index in [0.717, 1.165) is 44.3 Å². The summed E-state index contributed by atoms with van der Waals surface area (Å²) in [6.45, 7) is 2.05. The van der Waals surface area contributed by atoms with Crippen LogP contribution in [0.3, 0.4) is 0 Å². The van der Waals surface area contributed by atoms with Crippen LogP contribution >= 0.6 is 0 Å². The molecule has 0 aromatic carbocycles. The maximum Gasteiger partial charge on any atom is 0.305 e. The number of aliphatic hydroxyl groups excluding tert-OH is 3. The third kappa shape index (κ3) is 7.22. The van der Waals surface area contributed by atoms with E-state index in [1.54, 1.807) is 0 Å². The van der Waals surface area contributed by atoms with E-state index in [0.29, 0.717) is 19.3 Å². The molecule has 3 N–H and O–H groups in total. The molecule has 0 amide bonds. The monoisotopic (exact) mass is 396 g/mol. The molecule has 6 nitrogen and oxygen atoms in total. The van der Waals surface area contributed by atoms with Crippen LogP contribution in [0, 0.1) is 11.8 Å². The zero-order valence-electron chi connectivity index (χ0n) is 17.0. The topological polar surface area (TPSA) is 96.2 Å². The van der Waals surface area contributed by atoms with Crippen molar-refractivity contribution in [3.05, 3.63) is 24.0 Å². The first kappa shape index (κ1) is 22.9. The molecule has 1 aliphatic heterocycles. The SMILES string of the molecule is CCCCC[C@H](O)/C=C/[C@@H]1[C@H]2C/C(=C/CCCC(=O)OCCO)O[C@H]2C[C@H]1O. The zero-order chi connectivity index (χ0) is 20.4. The third-order valence-electron chi connectivity index (χ3n) is 5.60. The van der Waals surface area contributed by atoms with Gasteiger partial charge in [-0.05, 0) is 25.3 Å². The highest BCUT2D eigenvalue weighted by molar-refractivity contribution is 5.69. The minimum absolute atomic E-state index is 0.0187. The molecule has 0 aromatic heterocycles. The highest BCUT2D eigenvalue weighted by Crippen LogP contribution is 2.45. The van der Waals surface area contributed by atoms with Crippen LogP contribution in [0.4, 0.5) is 0 Å². The second-order valence-corrected chi connectivity index (χ2v) is 7.86. The van der Waals surface area contributed by atoms with Crippen molar-refractivity contribution in [3.8, 4) is 0 Å². The maximum absolute atomic E-state index is 11.4. The Hall–Kier alpha value is -1.37. The molecule has 6 heteroatoms. The van der Waals surface area contributed by atoms with Crippen molar-refractivity contribution < 1.29 is 29.6 Å². The molecule has 2 aliphatic rings. The fourth-order valence-electron chi connectivity index (χ4n) is 4.08. The average molecular weight is 397 g/mol. The van der Waals surface area contributed by atoms with Gasteiger partial charge in [-0.2, -0.15) is 0 Å². The zero-order valence-corrected chi connectivity index (χ0v) is 17.0. The second kappa shape index (κ2) is 12.2. The van der Waals surface area contributed by atoms with Crippen LogP contribution in [-0.2, 0) is 14.3 Å². The Morgan fingerprint density at radius 3 is 2.93 bits per heavy atom. The van der Waals surface area contributed by atoms with Gasteiger partial charge in [-0.1, -0.05) is 38.3 Å². The summed E-state index contributed by atoms with van der Waals surface area (Å²) in [6.07, 6.45) is 12.2. The van der Waals surface area contributed by atoms with Crippen LogP contribution < -0.4 is 0 Å². The van der Waals surface area contributed by atoms with E-state index in [1.165, 1.54) is 0 Å². The van der Waals surface area contributed by atoms with E-state index in [4.69, 9.17) is 14.6 Å². The fourth-order valence-corrected chi connectivity index (χ4v) is 4.08. The first-order valence-corrected chi connectivity index (χ1v) is 10.7. The van der Waals surface area contributed by atoms with Crippen molar-refractivity contribution in [3.63, 3.8) is 0 Å². The average Bonchev–Trinajstić information content (AvgIpc) is 3.18. The summed E-state index contributed by atoms with van der Waals surface area (Å²) in [5.74, 6) is 0.912. The molecule has 1 saturated carbocycles. The van der Waals surface area contributed by atoms with Gasteiger partial charge in [-0.25, -0.2) is 0 Å². The van der Waals surface area contributed by atoms with E-state index >= 15 is 0 Å². The second-order valence-electron chi connectivity index (χ2n) is 7.86. The highest BCUT2D eigenvalue weighted by Gasteiger charge is 2.46. The minimum atomic E-state index is -0.444. The summed E-state index contributed by atoms with van der Waals surface area (Å²) in [7, 11) is 0. The van der Waals surface area contributed by atoms with E-state index in [1.807, 2.05) is 18.2 Å². The maximum atomic E-state index is 11.4. The summed E-state index contributed by atoms with van der Waals surface area (Å²) in [5.41, 5.74) is 0. The van der Waals surface area contributed by atoms with E-state index < -0.39 is 12.2 Å². The first-order chi connectivity index (χ1) is 13.5. The molecule has 0 unspecified atom stereocenters. The molecule has 1 heterocycles. The van der Waals surface area contributed by atoms with Crippen LogP contribution in [0.1, 0.15) is 64.7 Å². The van der Waals surface area contributed by atoms with Crippen molar-refractivity contribution in [2.24, 2.45) is 11.8 Å². The number of unbranched alkanes of at least 4 members (excludes halogenated alkanes) is 3. The molecular weight excluding hydrogens is 360 g/mol. The summed E-state index contributed by atoms with van der Waals surface area (Å²) in [6, 6.07) is 0. The molecule has 160 valence electrons. The van der Waals surface area contributed by atoms with Crippen molar-refractivity contribution in [2.45, 2.75) is 83.0 Å². The predicted octanol–water partition coefficient (Wildman–Crippen LogP) is 2.86. The van der Waals surface area contributed by atoms with Gasteiger partial charge in [-0.3, -0.25) is 4.79 Å². The quantitative estimate of drug-likeness (QED) is 0.267. The molecule has 1 aliphatic carbocycles. The molecular formula is C22H36O6. The number of esters is 1. The molecule has 28 heavy (non-hydrogen) atoms. The highest BCUT2D eigenvalue weighted by atomic mass is 16.5. The lowest BCUT2D eigenvalue weighted by molar-refractivity contribution is -0.144. The van der Waals surface area contributed by atoms with E-state index in [9.17, 15) is 15.0 Å². The van der Waals surface area contributed by atoms with Crippen LogP contribution in [0.25, 0.3) is 0 Å². The Bertz CT molecular complexity index is 529. The lowest BCUT2D eigenvalue weighted by Gasteiger charge is -2.16. The number of ether oxygens (including phenoxy) is 2. The van der Waals surface area contributed by atoms with Crippen LogP contribution in [0.5, 0.6) is 0 Å². The molecule has 1 saturated heterocycles. The van der Waals surface area contributed by atoms with Crippen LogP contribution in [-0.4, -0.2) is 52.8 Å². The molecule has 2 fully saturated rings. The summed E-state index contributed by atoms with van der Waals surface area (Å²) < 4.78 is 10.8. The number of carbonyl (C=O) groups is 1. The van der Waals surface area contributed by atoms with E-state index in [-0.39, 0.29) is 37.1 Å². The van der Waals surface area contributed by atoms with Gasteiger partial charge in [0.2, 0.25) is 0 Å². The van der Waals surface area contributed by atoms with Crippen molar-refractivity contribution in [1.29, 1.82) is 0 Å². The Labute approximate surface area is 168 Å². The largest absolute Gasteiger partial charge is 0.495 e. The number of carbonyl (C=O) groups excluding carboxylic acids is 1. The molecule has 2 rings (SSSR count). The van der Waals surface area contributed by atoms with Gasteiger partial charge >= 0.3 is 5.97 Å². The Balaban J connectivity index is 1.76. The van der Waals surface area contributed by atoms with Gasteiger partial charge in [0.25, 0.3) is 0 Å². The number of aliphatic hydroxyl groups is 3. The number of fused-ring (bicyclic) bond motifs is 1. The molecule has 0 bridgehead atoms. The predicted molar refractivity (Wildman–Crippen MR) is 106 cm³/mol. The number of hydrogen-bond donors (Lipinski definition) is 3. The molecule has 0 aromatic rings. The smallest absolute Gasteiger partial charge is 0.305 e. The van der Waals surface area contributed by atoms with Crippen LogP contribution in [0.2, 0.25) is 0 Å². The van der Waals surface area contributed by atoms with Gasteiger partial charge < -0.3 is 24.8 Å². The van der Waals surface area contributed by atoms with E-state index in [2.05, 4.69) is 6.92 Å². The number of allylic oxidation sites excluding steroid dienone is 2. The van der Waals surface area contributed by atoms with Gasteiger partial charge in [-0.15, -0.1) is 0 Å². The first-order valence-electron chi connectivity index (χ1n) is 10.7. The van der Waals surface area contributed by atoms with Crippen molar-refractivity contribution in [2.75, 3.05) is 13.2 Å². The number of hydrogen-bond acceptors (Lipinski definition) is 6. The van der Waals surface area contributed by atoms with Crippen molar-refractivity contribution in [1.82, 2.24) is 0 Å². The molecule has 5 atom stereocenters. The van der Waals surface area contributed by atoms with Gasteiger partial charge in [0.15, 0.2) is 0 Å². The summed E-state index contributed by atoms with van der Waals surface area (Å²) in [4.78, 5) is 11.4. The van der Waals surface area contributed by atoms with Gasteiger partial charge in [0.05, 0.1) is 24.6 Å². The normalized spacial score (nSPS) is 29.2.